The summed E-state index contributed by atoms with van der Waals surface area (Å²) in [6.07, 6.45) is 0.482. The summed E-state index contributed by atoms with van der Waals surface area (Å²) in [7, 11) is 5.53. The minimum atomic E-state index is -0.384. The number of alkyl carbamates (subject to hydrolysis) is 1. The number of nitrogens with zero attached hydrogens (tertiary/aromatic N) is 1. The van der Waals surface area contributed by atoms with E-state index in [4.69, 9.17) is 4.74 Å². The van der Waals surface area contributed by atoms with Gasteiger partial charge in [0.2, 0.25) is 0 Å². The fourth-order valence-electron chi connectivity index (χ4n) is 1.52. The summed E-state index contributed by atoms with van der Waals surface area (Å²) in [4.78, 5) is 13.1. The van der Waals surface area contributed by atoms with E-state index < -0.39 is 0 Å². The lowest BCUT2D eigenvalue weighted by molar-refractivity contribution is 0.111. The molecule has 94 valence electrons. The van der Waals surface area contributed by atoms with E-state index in [9.17, 15) is 4.79 Å². The lowest BCUT2D eigenvalue weighted by Gasteiger charge is -2.23. The van der Waals surface area contributed by atoms with Crippen LogP contribution in [0.25, 0.3) is 0 Å². The maximum Gasteiger partial charge on any atom is 0.406 e. The summed E-state index contributed by atoms with van der Waals surface area (Å²) < 4.78 is 5.10. The van der Waals surface area contributed by atoms with Crippen molar-refractivity contribution in [3.05, 3.63) is 35.9 Å². The highest BCUT2D eigenvalue weighted by Crippen LogP contribution is 2.07. The van der Waals surface area contributed by atoms with Gasteiger partial charge in [-0.05, 0) is 26.1 Å². The Kier molecular flexibility index (Phi) is 5.49. The molecule has 0 aromatic heterocycles. The van der Waals surface area contributed by atoms with Gasteiger partial charge in [0.1, 0.15) is 6.61 Å². The van der Waals surface area contributed by atoms with Crippen LogP contribution in [0, 0.1) is 0 Å². The van der Waals surface area contributed by atoms with Crippen LogP contribution in [0.1, 0.15) is 5.56 Å². The maximum atomic E-state index is 11.0. The van der Waals surface area contributed by atoms with Crippen molar-refractivity contribution in [2.24, 2.45) is 0 Å². The van der Waals surface area contributed by atoms with Crippen molar-refractivity contribution in [3.63, 3.8) is 0 Å². The molecule has 4 heteroatoms. The highest BCUT2D eigenvalue weighted by atomic mass is 16.5. The van der Waals surface area contributed by atoms with Crippen molar-refractivity contribution in [2.75, 3.05) is 27.7 Å². The number of benzene rings is 1. The smallest absolute Gasteiger partial charge is 0.406 e. The third kappa shape index (κ3) is 4.87. The Morgan fingerprint density at radius 1 is 1.35 bits per heavy atom. The van der Waals surface area contributed by atoms with Gasteiger partial charge in [-0.25, -0.2) is 4.79 Å². The molecule has 1 aromatic carbocycles. The zero-order valence-corrected chi connectivity index (χ0v) is 10.6. The van der Waals surface area contributed by atoms with Gasteiger partial charge in [0, 0.05) is 13.1 Å². The molecule has 1 rings (SSSR count). The largest absolute Gasteiger partial charge is 0.448 e. The Morgan fingerprint density at radius 3 is 2.53 bits per heavy atom. The maximum absolute atomic E-state index is 11.0. The van der Waals surface area contributed by atoms with Gasteiger partial charge in [0.25, 0.3) is 0 Å². The molecule has 0 spiro atoms. The molecule has 0 saturated carbocycles. The molecule has 1 N–H and O–H groups in total. The Balaban J connectivity index is 2.52. The van der Waals surface area contributed by atoms with Gasteiger partial charge in [-0.15, -0.1) is 0 Å². The Bertz CT molecular complexity index is 339. The molecule has 1 atom stereocenters. The van der Waals surface area contributed by atoms with Gasteiger partial charge in [0.15, 0.2) is 0 Å². The van der Waals surface area contributed by atoms with Crippen LogP contribution in [-0.4, -0.2) is 44.8 Å². The van der Waals surface area contributed by atoms with Crippen molar-refractivity contribution in [2.45, 2.75) is 12.5 Å². The quantitative estimate of drug-likeness (QED) is 0.842. The molecule has 0 saturated heterocycles. The molecule has 1 unspecified atom stereocenters. The first-order valence-corrected chi connectivity index (χ1v) is 5.68. The van der Waals surface area contributed by atoms with E-state index >= 15 is 0 Å². The van der Waals surface area contributed by atoms with Crippen LogP contribution in [0.4, 0.5) is 4.79 Å². The second kappa shape index (κ2) is 6.91. The standard InChI is InChI=1S/C13H20N2O2/c1-14-13(16)17-10-12(15(2)3)9-11-7-5-4-6-8-11/h4-8,12H,9-10H2,1-3H3,(H,14,16). The molecule has 0 fully saturated rings. The van der Waals surface area contributed by atoms with Crippen LogP contribution in [0.2, 0.25) is 0 Å². The second-order valence-corrected chi connectivity index (χ2v) is 4.16. The molecule has 0 aliphatic heterocycles. The summed E-state index contributed by atoms with van der Waals surface area (Å²) in [5, 5.41) is 2.44. The minimum Gasteiger partial charge on any atom is -0.448 e. The van der Waals surface area contributed by atoms with E-state index in [-0.39, 0.29) is 12.1 Å². The topological polar surface area (TPSA) is 41.6 Å². The molecule has 0 bridgehead atoms. The normalized spacial score (nSPS) is 12.2. The molecular weight excluding hydrogens is 216 g/mol. The van der Waals surface area contributed by atoms with Gasteiger partial charge in [-0.1, -0.05) is 30.3 Å². The second-order valence-electron chi connectivity index (χ2n) is 4.16. The highest BCUT2D eigenvalue weighted by Gasteiger charge is 2.14. The molecule has 0 aliphatic carbocycles. The van der Waals surface area contributed by atoms with E-state index in [0.717, 1.165) is 6.42 Å². The summed E-state index contributed by atoms with van der Waals surface area (Å²) in [6.45, 7) is 0.390. The van der Waals surface area contributed by atoms with Gasteiger partial charge in [-0.2, -0.15) is 0 Å². The number of amides is 1. The zero-order chi connectivity index (χ0) is 12.7. The number of hydrogen-bond acceptors (Lipinski definition) is 3. The molecule has 1 amide bonds. The van der Waals surface area contributed by atoms with Gasteiger partial charge >= 0.3 is 6.09 Å². The molecular formula is C13H20N2O2. The Morgan fingerprint density at radius 2 is 2.00 bits per heavy atom. The van der Waals surface area contributed by atoms with E-state index in [1.54, 1.807) is 7.05 Å². The van der Waals surface area contributed by atoms with Crippen LogP contribution in [-0.2, 0) is 11.2 Å². The number of hydrogen-bond donors (Lipinski definition) is 1. The number of ether oxygens (including phenoxy) is 1. The van der Waals surface area contributed by atoms with Crippen LogP contribution in [0.5, 0.6) is 0 Å². The number of carbonyl (C=O) groups excluding carboxylic acids is 1. The number of rotatable bonds is 5. The first kappa shape index (κ1) is 13.5. The third-order valence-corrected chi connectivity index (χ3v) is 2.66. The van der Waals surface area contributed by atoms with Crippen molar-refractivity contribution in [1.29, 1.82) is 0 Å². The van der Waals surface area contributed by atoms with E-state index in [0.29, 0.717) is 6.61 Å². The van der Waals surface area contributed by atoms with E-state index in [1.807, 2.05) is 32.3 Å². The van der Waals surface area contributed by atoms with Crippen LogP contribution in [0.3, 0.4) is 0 Å². The van der Waals surface area contributed by atoms with Gasteiger partial charge in [-0.3, -0.25) is 0 Å². The monoisotopic (exact) mass is 236 g/mol. The first-order chi connectivity index (χ1) is 8.13. The van der Waals surface area contributed by atoms with Crippen molar-refractivity contribution >= 4 is 6.09 Å². The zero-order valence-electron chi connectivity index (χ0n) is 10.6. The average Bonchev–Trinajstić information content (AvgIpc) is 2.34. The average molecular weight is 236 g/mol. The third-order valence-electron chi connectivity index (χ3n) is 2.66. The lowest BCUT2D eigenvalue weighted by Crippen LogP contribution is -2.36. The fraction of sp³-hybridized carbons (Fsp3) is 0.462. The fourth-order valence-corrected chi connectivity index (χ4v) is 1.52. The van der Waals surface area contributed by atoms with Crippen molar-refractivity contribution < 1.29 is 9.53 Å². The van der Waals surface area contributed by atoms with Crippen molar-refractivity contribution in [1.82, 2.24) is 10.2 Å². The van der Waals surface area contributed by atoms with Crippen LogP contribution < -0.4 is 5.32 Å². The number of likely N-dealkylation sites (N-methyl/N-ethyl adjacent to an activating group) is 1. The van der Waals surface area contributed by atoms with Gasteiger partial charge in [0.05, 0.1) is 0 Å². The SMILES string of the molecule is CNC(=O)OCC(Cc1ccccc1)N(C)C. The Hall–Kier alpha value is -1.55. The van der Waals surface area contributed by atoms with Crippen LogP contribution in [0.15, 0.2) is 30.3 Å². The van der Waals surface area contributed by atoms with Crippen molar-refractivity contribution in [3.8, 4) is 0 Å². The van der Waals surface area contributed by atoms with E-state index in [1.165, 1.54) is 5.56 Å². The molecule has 1 aromatic rings. The van der Waals surface area contributed by atoms with Crippen LogP contribution >= 0.6 is 0 Å². The molecule has 0 heterocycles. The first-order valence-electron chi connectivity index (χ1n) is 5.68. The number of nitrogens with one attached hydrogen (secondary N) is 1. The summed E-state index contributed by atoms with van der Waals surface area (Å²) in [6, 6.07) is 10.4. The molecule has 0 aliphatic rings. The predicted octanol–water partition coefficient (Wildman–Crippen LogP) is 1.52. The summed E-state index contributed by atoms with van der Waals surface area (Å²) in [5.41, 5.74) is 1.24. The lowest BCUT2D eigenvalue weighted by atomic mass is 10.1. The molecule has 4 nitrogen and oxygen atoms in total. The summed E-state index contributed by atoms with van der Waals surface area (Å²) in [5.74, 6) is 0. The Labute approximate surface area is 103 Å². The number of carbonyl (C=O) groups is 1. The molecule has 0 radical (unpaired) electrons. The predicted molar refractivity (Wildman–Crippen MR) is 68.0 cm³/mol. The highest BCUT2D eigenvalue weighted by molar-refractivity contribution is 5.66. The minimum absolute atomic E-state index is 0.190. The van der Waals surface area contributed by atoms with Gasteiger partial charge < -0.3 is 15.0 Å². The molecule has 17 heavy (non-hydrogen) atoms. The van der Waals surface area contributed by atoms with E-state index in [2.05, 4.69) is 22.3 Å². The summed E-state index contributed by atoms with van der Waals surface area (Å²) >= 11 is 0.